The highest BCUT2D eigenvalue weighted by Gasteiger charge is 2.47. The molecule has 1 saturated carbocycles. The first-order valence-corrected chi connectivity index (χ1v) is 15.4. The maximum Gasteiger partial charge on any atom is 0.203 e. The molecular formula is C32H39FN2O4S. The third kappa shape index (κ3) is 6.77. The van der Waals surface area contributed by atoms with Gasteiger partial charge in [0.05, 0.1) is 18.0 Å². The average molecular weight is 567 g/mol. The largest absolute Gasteiger partial charge is 0.493 e. The molecule has 0 N–H and O–H groups in total. The molecule has 4 rings (SSSR count). The summed E-state index contributed by atoms with van der Waals surface area (Å²) in [4.78, 5) is 22.7. The maximum absolute atomic E-state index is 14.6. The summed E-state index contributed by atoms with van der Waals surface area (Å²) in [7, 11) is -3.96. The number of hydrogen-bond donors (Lipinski definition) is 0. The van der Waals surface area contributed by atoms with Crippen LogP contribution in [0, 0.1) is 29.5 Å². The summed E-state index contributed by atoms with van der Waals surface area (Å²) >= 11 is 0. The summed E-state index contributed by atoms with van der Waals surface area (Å²) in [5.41, 5.74) is 2.26. The van der Waals surface area contributed by atoms with Crippen molar-refractivity contribution < 1.29 is 22.3 Å². The lowest BCUT2D eigenvalue weighted by Gasteiger charge is -2.28. The lowest BCUT2D eigenvalue weighted by atomic mass is 9.78. The molecule has 2 aromatic heterocycles. The molecule has 0 spiro atoms. The number of hydrogen-bond acceptors (Lipinski definition) is 6. The fraction of sp³-hybridized carbons (Fsp3) is 0.469. The van der Waals surface area contributed by atoms with Crippen molar-refractivity contribution >= 4 is 15.6 Å². The van der Waals surface area contributed by atoms with Crippen LogP contribution in [0.5, 0.6) is 5.75 Å². The van der Waals surface area contributed by atoms with Gasteiger partial charge < -0.3 is 4.74 Å². The summed E-state index contributed by atoms with van der Waals surface area (Å²) in [5, 5.41) is -0.122. The lowest BCUT2D eigenvalue weighted by Crippen LogP contribution is -2.23. The first-order chi connectivity index (χ1) is 18.6. The molecule has 1 atom stereocenters. The number of aromatic nitrogens is 2. The van der Waals surface area contributed by atoms with Gasteiger partial charge in [-0.3, -0.25) is 9.78 Å². The summed E-state index contributed by atoms with van der Waals surface area (Å²) in [5.74, 6) is -1.09. The molecule has 0 amide bonds. The lowest BCUT2D eigenvalue weighted by molar-refractivity contribution is 0.101. The van der Waals surface area contributed by atoms with Gasteiger partial charge in [-0.2, -0.15) is 0 Å². The van der Waals surface area contributed by atoms with Crippen molar-refractivity contribution in [3.05, 3.63) is 71.3 Å². The van der Waals surface area contributed by atoms with E-state index in [4.69, 9.17) is 9.72 Å². The molecular weight excluding hydrogens is 527 g/mol. The fourth-order valence-electron chi connectivity index (χ4n) is 5.93. The van der Waals surface area contributed by atoms with Crippen LogP contribution >= 0.6 is 0 Å². The summed E-state index contributed by atoms with van der Waals surface area (Å²) in [6.07, 6.45) is 1.71. The Kier molecular flexibility index (Phi) is 8.23. The number of pyridine rings is 2. The topological polar surface area (TPSA) is 86.2 Å². The van der Waals surface area contributed by atoms with E-state index in [2.05, 4.69) is 32.7 Å². The number of ether oxygens (including phenoxy) is 1. The number of carbonyl (C=O) groups is 1. The van der Waals surface area contributed by atoms with E-state index in [-0.39, 0.29) is 33.3 Å². The second kappa shape index (κ2) is 11.0. The number of halogens is 1. The van der Waals surface area contributed by atoms with Gasteiger partial charge >= 0.3 is 0 Å². The number of benzene rings is 1. The number of carbonyl (C=O) groups excluding carboxylic acids is 1. The van der Waals surface area contributed by atoms with Gasteiger partial charge in [0, 0.05) is 28.8 Å². The highest BCUT2D eigenvalue weighted by molar-refractivity contribution is 7.92. The van der Waals surface area contributed by atoms with Crippen molar-refractivity contribution in [2.75, 3.05) is 12.4 Å². The molecule has 214 valence electrons. The molecule has 1 aliphatic carbocycles. The van der Waals surface area contributed by atoms with Gasteiger partial charge in [-0.25, -0.2) is 17.8 Å². The average Bonchev–Trinajstić information content (AvgIpc) is 3.08. The molecule has 3 aromatic rings. The van der Waals surface area contributed by atoms with Crippen LogP contribution in [0.2, 0.25) is 0 Å². The van der Waals surface area contributed by atoms with E-state index in [9.17, 15) is 17.6 Å². The number of aryl methyl sites for hydroxylation is 1. The van der Waals surface area contributed by atoms with Crippen LogP contribution in [0.4, 0.5) is 4.39 Å². The molecule has 1 fully saturated rings. The number of Topliss-reactive ketones (excluding diaryl/α,β-unsaturated/α-hetero) is 1. The predicted molar refractivity (Wildman–Crippen MR) is 155 cm³/mol. The summed E-state index contributed by atoms with van der Waals surface area (Å²) < 4.78 is 46.7. The molecule has 0 bridgehead atoms. The Labute approximate surface area is 237 Å². The van der Waals surface area contributed by atoms with Gasteiger partial charge in [-0.15, -0.1) is 0 Å². The van der Waals surface area contributed by atoms with E-state index in [0.29, 0.717) is 35.0 Å². The smallest absolute Gasteiger partial charge is 0.203 e. The zero-order valence-corrected chi connectivity index (χ0v) is 25.2. The van der Waals surface area contributed by atoms with Crippen molar-refractivity contribution in [2.45, 2.75) is 72.3 Å². The van der Waals surface area contributed by atoms with Gasteiger partial charge in [0.25, 0.3) is 0 Å². The van der Waals surface area contributed by atoms with E-state index in [0.717, 1.165) is 12.8 Å². The monoisotopic (exact) mass is 566 g/mol. The third-order valence-corrected chi connectivity index (χ3v) is 8.95. The van der Waals surface area contributed by atoms with Crippen molar-refractivity contribution in [1.82, 2.24) is 9.97 Å². The Morgan fingerprint density at radius 2 is 1.80 bits per heavy atom. The molecule has 40 heavy (non-hydrogen) atoms. The molecule has 6 nitrogen and oxygen atoms in total. The Hall–Kier alpha value is -3.13. The van der Waals surface area contributed by atoms with Gasteiger partial charge in [0.2, 0.25) is 9.84 Å². The van der Waals surface area contributed by atoms with E-state index >= 15 is 0 Å². The Bertz CT molecular complexity index is 1530. The maximum atomic E-state index is 14.6. The van der Waals surface area contributed by atoms with Crippen molar-refractivity contribution in [3.63, 3.8) is 0 Å². The summed E-state index contributed by atoms with van der Waals surface area (Å²) in [6, 6.07) is 12.5. The van der Waals surface area contributed by atoms with Crippen LogP contribution in [0.3, 0.4) is 0 Å². The van der Waals surface area contributed by atoms with Crippen molar-refractivity contribution in [3.8, 4) is 17.0 Å². The second-order valence-corrected chi connectivity index (χ2v) is 14.8. The number of rotatable bonds is 9. The van der Waals surface area contributed by atoms with E-state index in [1.807, 2.05) is 13.8 Å². The zero-order chi connectivity index (χ0) is 29.5. The number of ketones is 1. The quantitative estimate of drug-likeness (QED) is 0.254. The third-order valence-electron chi connectivity index (χ3n) is 7.44. The first kappa shape index (κ1) is 29.8. The molecule has 0 aliphatic heterocycles. The number of sulfone groups is 1. The minimum absolute atomic E-state index is 0.0143. The Morgan fingerprint density at radius 3 is 2.42 bits per heavy atom. The molecule has 8 heteroatoms. The molecule has 1 unspecified atom stereocenters. The highest BCUT2D eigenvalue weighted by Crippen LogP contribution is 2.57. The molecule has 1 aliphatic rings. The first-order valence-electron chi connectivity index (χ1n) is 13.7. The van der Waals surface area contributed by atoms with E-state index < -0.39 is 27.2 Å². The molecule has 0 saturated heterocycles. The molecule has 0 radical (unpaired) electrons. The fourth-order valence-corrected chi connectivity index (χ4v) is 7.15. The van der Waals surface area contributed by atoms with Gasteiger partial charge in [0.15, 0.2) is 10.8 Å². The van der Waals surface area contributed by atoms with Gasteiger partial charge in [-0.1, -0.05) is 47.6 Å². The molecule has 2 heterocycles. The van der Waals surface area contributed by atoms with Gasteiger partial charge in [-0.05, 0) is 72.9 Å². The van der Waals surface area contributed by atoms with Crippen LogP contribution < -0.4 is 4.74 Å². The molecule has 1 aromatic carbocycles. The normalized spacial score (nSPS) is 18.2. The minimum Gasteiger partial charge on any atom is -0.493 e. The Morgan fingerprint density at radius 1 is 1.07 bits per heavy atom. The second-order valence-electron chi connectivity index (χ2n) is 12.9. The van der Waals surface area contributed by atoms with Crippen LogP contribution in [0.25, 0.3) is 11.3 Å². The predicted octanol–water partition coefficient (Wildman–Crippen LogP) is 7.21. The summed E-state index contributed by atoms with van der Waals surface area (Å²) in [6.45, 7) is 14.9. The standard InChI is InChI=1S/C32H39FN2O4S/c1-20(2)17-39-24-14-22(13-23(33)15-24)27-12-11-25(30(35-27)26-16-31(4,5)19-32(26,6)7)28(36)18-40(37,38)29-10-8-9-21(3)34-29/h8-15,20,26H,16-19H2,1-7H3. The van der Waals surface area contributed by atoms with Crippen LogP contribution in [-0.2, 0) is 9.84 Å². The van der Waals surface area contributed by atoms with E-state index in [1.165, 1.54) is 18.2 Å². The van der Waals surface area contributed by atoms with Gasteiger partial charge in [0.1, 0.15) is 17.3 Å². The van der Waals surface area contributed by atoms with E-state index in [1.54, 1.807) is 37.3 Å². The zero-order valence-electron chi connectivity index (χ0n) is 24.4. The Balaban J connectivity index is 1.79. The highest BCUT2D eigenvalue weighted by atomic mass is 32.2. The van der Waals surface area contributed by atoms with Crippen molar-refractivity contribution in [1.29, 1.82) is 0 Å². The van der Waals surface area contributed by atoms with Crippen LogP contribution in [0.15, 0.2) is 53.6 Å². The SMILES string of the molecule is Cc1cccc(S(=O)(=O)CC(=O)c2ccc(-c3cc(F)cc(OCC(C)C)c3)nc2C2CC(C)(C)CC2(C)C)n1. The number of nitrogens with zero attached hydrogens (tertiary/aromatic N) is 2. The van der Waals surface area contributed by atoms with Crippen LogP contribution in [0.1, 0.15) is 82.0 Å². The van der Waals surface area contributed by atoms with Crippen LogP contribution in [-0.4, -0.2) is 36.5 Å². The minimum atomic E-state index is -3.96. The van der Waals surface area contributed by atoms with Crippen molar-refractivity contribution in [2.24, 2.45) is 16.7 Å².